The van der Waals surface area contributed by atoms with Gasteiger partial charge in [0.25, 0.3) is 0 Å². The van der Waals surface area contributed by atoms with Gasteiger partial charge < -0.3 is 9.84 Å². The second-order valence-electron chi connectivity index (χ2n) is 3.31. The monoisotopic (exact) mass is 232 g/mol. The van der Waals surface area contributed by atoms with Crippen LogP contribution in [0.5, 0.6) is 0 Å². The van der Waals surface area contributed by atoms with Crippen molar-refractivity contribution in [1.82, 2.24) is 0 Å². The van der Waals surface area contributed by atoms with E-state index in [1.165, 1.54) is 6.08 Å². The Morgan fingerprint density at radius 2 is 2.06 bits per heavy atom. The van der Waals surface area contributed by atoms with Crippen LogP contribution in [0.25, 0.3) is 6.08 Å². The number of hydrogen-bond acceptors (Lipinski definition) is 3. The first-order chi connectivity index (χ1) is 8.27. The third kappa shape index (κ3) is 4.66. The molecule has 3 nitrogen and oxygen atoms in total. The van der Waals surface area contributed by atoms with Gasteiger partial charge in [0.05, 0.1) is 18.8 Å². The first kappa shape index (κ1) is 13.2. The Bertz CT molecular complexity index is 405. The summed E-state index contributed by atoms with van der Waals surface area (Å²) in [4.78, 5) is 11.5. The minimum atomic E-state index is -0.422. The minimum absolute atomic E-state index is 0.187. The number of hydrogen-bond donors (Lipinski definition) is 1. The molecule has 1 aromatic rings. The number of carbonyl (C=O) groups is 1. The molecule has 0 heterocycles. The summed E-state index contributed by atoms with van der Waals surface area (Å²) in [6.07, 6.45) is 4.87. The third-order valence-corrected chi connectivity index (χ3v) is 2.08. The Kier molecular flexibility index (Phi) is 5.75. The van der Waals surface area contributed by atoms with E-state index in [0.717, 1.165) is 5.56 Å². The first-order valence-electron chi connectivity index (χ1n) is 5.49. The lowest BCUT2D eigenvalue weighted by atomic mass is 10.1. The Hall–Kier alpha value is -1.87. The molecular formula is C14H16O3. The summed E-state index contributed by atoms with van der Waals surface area (Å²) in [7, 11) is 0. The van der Waals surface area contributed by atoms with Gasteiger partial charge in [0.1, 0.15) is 0 Å². The smallest absolute Gasteiger partial charge is 0.337 e. The molecule has 0 radical (unpaired) electrons. The number of rotatable bonds is 5. The molecule has 0 aromatic heterocycles. The zero-order chi connectivity index (χ0) is 12.5. The van der Waals surface area contributed by atoms with E-state index < -0.39 is 5.97 Å². The summed E-state index contributed by atoms with van der Waals surface area (Å²) in [6.45, 7) is 1.88. The van der Waals surface area contributed by atoms with Crippen LogP contribution < -0.4 is 0 Å². The molecule has 1 aromatic carbocycles. The molecule has 3 heteroatoms. The zero-order valence-corrected chi connectivity index (χ0v) is 9.80. The number of aliphatic hydroxyl groups excluding tert-OH is 1. The molecule has 0 bridgehead atoms. The maximum atomic E-state index is 11.5. The highest BCUT2D eigenvalue weighted by molar-refractivity contribution is 5.92. The molecule has 0 aliphatic heterocycles. The fourth-order valence-electron chi connectivity index (χ4n) is 1.28. The highest BCUT2D eigenvalue weighted by Crippen LogP contribution is 2.06. The fraction of sp³-hybridized carbons (Fsp3) is 0.214. The fourth-order valence-corrected chi connectivity index (χ4v) is 1.28. The van der Waals surface area contributed by atoms with Crippen molar-refractivity contribution in [2.45, 2.75) is 6.92 Å². The van der Waals surface area contributed by atoms with Crippen LogP contribution in [0.1, 0.15) is 12.5 Å². The molecular weight excluding hydrogens is 216 g/mol. The maximum Gasteiger partial charge on any atom is 0.337 e. The molecule has 0 amide bonds. The van der Waals surface area contributed by atoms with E-state index >= 15 is 0 Å². The average Bonchev–Trinajstić information content (AvgIpc) is 2.36. The van der Waals surface area contributed by atoms with E-state index in [4.69, 9.17) is 9.84 Å². The van der Waals surface area contributed by atoms with Gasteiger partial charge in [0.2, 0.25) is 0 Å². The Labute approximate surface area is 101 Å². The summed E-state index contributed by atoms with van der Waals surface area (Å²) in [5.74, 6) is -0.422. The van der Waals surface area contributed by atoms with Crippen molar-refractivity contribution < 1.29 is 14.6 Å². The number of aliphatic hydroxyl groups is 1. The molecule has 1 rings (SSSR count). The molecule has 0 unspecified atom stereocenters. The number of ether oxygens (including phenoxy) is 1. The Morgan fingerprint density at radius 1 is 1.35 bits per heavy atom. The molecule has 0 spiro atoms. The number of carbonyl (C=O) groups excluding carboxylic acids is 1. The van der Waals surface area contributed by atoms with Gasteiger partial charge in [0.15, 0.2) is 0 Å². The van der Waals surface area contributed by atoms with E-state index in [-0.39, 0.29) is 6.61 Å². The van der Waals surface area contributed by atoms with E-state index in [2.05, 4.69) is 0 Å². The summed E-state index contributed by atoms with van der Waals surface area (Å²) in [6, 6.07) is 9.61. The van der Waals surface area contributed by atoms with Crippen molar-refractivity contribution >= 4 is 12.0 Å². The molecule has 0 fully saturated rings. The quantitative estimate of drug-likeness (QED) is 0.481. The molecule has 1 N–H and O–H groups in total. The molecule has 17 heavy (non-hydrogen) atoms. The largest absolute Gasteiger partial charge is 0.462 e. The lowest BCUT2D eigenvalue weighted by Crippen LogP contribution is -2.06. The average molecular weight is 232 g/mol. The van der Waals surface area contributed by atoms with Crippen molar-refractivity contribution in [3.63, 3.8) is 0 Å². The van der Waals surface area contributed by atoms with Crippen molar-refractivity contribution in [3.05, 3.63) is 53.6 Å². The van der Waals surface area contributed by atoms with Crippen molar-refractivity contribution in [3.8, 4) is 0 Å². The van der Waals surface area contributed by atoms with Crippen LogP contribution in [0.2, 0.25) is 0 Å². The van der Waals surface area contributed by atoms with Crippen LogP contribution in [0.15, 0.2) is 48.1 Å². The number of benzene rings is 1. The topological polar surface area (TPSA) is 46.5 Å². The van der Waals surface area contributed by atoms with Gasteiger partial charge in [-0.1, -0.05) is 36.4 Å². The number of esters is 1. The van der Waals surface area contributed by atoms with Gasteiger partial charge in [-0.15, -0.1) is 0 Å². The van der Waals surface area contributed by atoms with Gasteiger partial charge in [-0.25, -0.2) is 4.79 Å². The van der Waals surface area contributed by atoms with Gasteiger partial charge in [-0.2, -0.15) is 0 Å². The molecule has 90 valence electrons. The predicted molar refractivity (Wildman–Crippen MR) is 67.3 cm³/mol. The molecule has 0 aliphatic carbocycles. The molecule has 0 aliphatic rings. The SMILES string of the molecule is CCOC(=O)C(=C\CO)/C=C/c1ccccc1. The highest BCUT2D eigenvalue weighted by Gasteiger charge is 2.05. The van der Waals surface area contributed by atoms with E-state index in [1.807, 2.05) is 30.3 Å². The minimum Gasteiger partial charge on any atom is -0.462 e. The van der Waals surface area contributed by atoms with Crippen LogP contribution in [-0.2, 0) is 9.53 Å². The lowest BCUT2D eigenvalue weighted by Gasteiger charge is -2.01. The van der Waals surface area contributed by atoms with Crippen LogP contribution in [0.4, 0.5) is 0 Å². The lowest BCUT2D eigenvalue weighted by molar-refractivity contribution is -0.138. The van der Waals surface area contributed by atoms with E-state index in [0.29, 0.717) is 12.2 Å². The van der Waals surface area contributed by atoms with E-state index in [1.54, 1.807) is 19.1 Å². The standard InChI is InChI=1S/C14H16O3/c1-2-17-14(16)13(10-11-15)9-8-12-6-4-3-5-7-12/h3-10,15H,2,11H2,1H3/b9-8+,13-10-. The summed E-state index contributed by atoms with van der Waals surface area (Å²) >= 11 is 0. The Balaban J connectivity index is 2.77. The predicted octanol–water partition coefficient (Wildman–Crippen LogP) is 2.18. The van der Waals surface area contributed by atoms with Crippen LogP contribution in [0, 0.1) is 0 Å². The zero-order valence-electron chi connectivity index (χ0n) is 9.80. The Morgan fingerprint density at radius 3 is 2.65 bits per heavy atom. The van der Waals surface area contributed by atoms with Gasteiger partial charge in [-0.3, -0.25) is 0 Å². The van der Waals surface area contributed by atoms with E-state index in [9.17, 15) is 4.79 Å². The van der Waals surface area contributed by atoms with Crippen LogP contribution in [0.3, 0.4) is 0 Å². The second kappa shape index (κ2) is 7.41. The first-order valence-corrected chi connectivity index (χ1v) is 5.49. The van der Waals surface area contributed by atoms with Gasteiger partial charge >= 0.3 is 5.97 Å². The maximum absolute atomic E-state index is 11.5. The second-order valence-corrected chi connectivity index (χ2v) is 3.31. The third-order valence-electron chi connectivity index (χ3n) is 2.08. The van der Waals surface area contributed by atoms with Crippen molar-refractivity contribution in [1.29, 1.82) is 0 Å². The van der Waals surface area contributed by atoms with Crippen LogP contribution >= 0.6 is 0 Å². The van der Waals surface area contributed by atoms with Crippen LogP contribution in [-0.4, -0.2) is 24.3 Å². The van der Waals surface area contributed by atoms with Crippen molar-refractivity contribution in [2.24, 2.45) is 0 Å². The summed E-state index contributed by atoms with van der Waals surface area (Å²) in [5, 5.41) is 8.83. The van der Waals surface area contributed by atoms with Gasteiger partial charge in [-0.05, 0) is 24.6 Å². The van der Waals surface area contributed by atoms with Crippen molar-refractivity contribution in [2.75, 3.05) is 13.2 Å². The summed E-state index contributed by atoms with van der Waals surface area (Å²) in [5.41, 5.74) is 1.35. The summed E-state index contributed by atoms with van der Waals surface area (Å²) < 4.78 is 4.88. The normalized spacial score (nSPS) is 11.8. The molecule has 0 saturated carbocycles. The van der Waals surface area contributed by atoms with Gasteiger partial charge in [0, 0.05) is 0 Å². The highest BCUT2D eigenvalue weighted by atomic mass is 16.5. The molecule has 0 atom stereocenters. The molecule has 0 saturated heterocycles.